The fourth-order valence-electron chi connectivity index (χ4n) is 2.08. The smallest absolute Gasteiger partial charge is 0.356 e. The van der Waals surface area contributed by atoms with Crippen LogP contribution in [0.4, 0.5) is 0 Å². The van der Waals surface area contributed by atoms with Gasteiger partial charge in [-0.2, -0.15) is 0 Å². The number of carbonyl (C=O) groups is 3. The predicted molar refractivity (Wildman–Crippen MR) is 84.0 cm³/mol. The van der Waals surface area contributed by atoms with Gasteiger partial charge in [-0.1, -0.05) is 30.3 Å². The fourth-order valence-corrected chi connectivity index (χ4v) is 2.08. The first-order valence-electron chi connectivity index (χ1n) is 7.19. The third-order valence-electron chi connectivity index (χ3n) is 3.35. The van der Waals surface area contributed by atoms with E-state index in [1.807, 2.05) is 0 Å². The van der Waals surface area contributed by atoms with E-state index in [-0.39, 0.29) is 17.8 Å². The summed E-state index contributed by atoms with van der Waals surface area (Å²) in [5.74, 6) is -3.54. The number of nitrogens with zero attached hydrogens (tertiary/aromatic N) is 2. The molecule has 0 saturated carbocycles. The summed E-state index contributed by atoms with van der Waals surface area (Å²) < 4.78 is 0. The number of amides is 1. The average molecular weight is 345 g/mol. The molecule has 1 aromatic heterocycles. The maximum atomic E-state index is 12.2. The second-order valence-corrected chi connectivity index (χ2v) is 5.14. The second kappa shape index (κ2) is 7.97. The van der Waals surface area contributed by atoms with Crippen LogP contribution in [-0.2, 0) is 11.2 Å². The van der Waals surface area contributed by atoms with Gasteiger partial charge in [0.1, 0.15) is 5.69 Å². The molecule has 0 saturated heterocycles. The lowest BCUT2D eigenvalue weighted by Gasteiger charge is -2.21. The van der Waals surface area contributed by atoms with Crippen molar-refractivity contribution < 1.29 is 29.7 Å². The van der Waals surface area contributed by atoms with E-state index in [0.29, 0.717) is 0 Å². The standard InChI is InChI=1S/C16H15N3O6/c20-13(16(24)25)10(6-9-4-2-1-3-5-9)19-14(21)11-7-18-12(8-17-11)15(22)23/h1-5,7-8,10,13,20H,6H2,(H,19,21)(H,22,23)(H,24,25). The molecule has 1 amide bonds. The van der Waals surface area contributed by atoms with Crippen molar-refractivity contribution in [2.45, 2.75) is 18.6 Å². The highest BCUT2D eigenvalue weighted by atomic mass is 16.4. The number of aromatic carboxylic acids is 1. The Bertz CT molecular complexity index is 763. The van der Waals surface area contributed by atoms with E-state index in [1.165, 1.54) is 0 Å². The van der Waals surface area contributed by atoms with Crippen LogP contribution in [-0.4, -0.2) is 55.3 Å². The number of nitrogens with one attached hydrogen (secondary N) is 1. The molecule has 9 nitrogen and oxygen atoms in total. The molecule has 0 aliphatic carbocycles. The van der Waals surface area contributed by atoms with Gasteiger partial charge in [-0.3, -0.25) is 4.79 Å². The van der Waals surface area contributed by atoms with Gasteiger partial charge in [0.25, 0.3) is 5.91 Å². The summed E-state index contributed by atoms with van der Waals surface area (Å²) in [7, 11) is 0. The van der Waals surface area contributed by atoms with Crippen molar-refractivity contribution in [1.29, 1.82) is 0 Å². The molecule has 130 valence electrons. The molecule has 0 fully saturated rings. The predicted octanol–water partition coefficient (Wildman–Crippen LogP) is -0.0386. The van der Waals surface area contributed by atoms with Crippen molar-refractivity contribution in [3.8, 4) is 0 Å². The lowest BCUT2D eigenvalue weighted by Crippen LogP contribution is -2.48. The topological polar surface area (TPSA) is 150 Å². The fraction of sp³-hybridized carbons (Fsp3) is 0.188. The van der Waals surface area contributed by atoms with E-state index < -0.39 is 30.0 Å². The summed E-state index contributed by atoms with van der Waals surface area (Å²) in [5, 5.41) is 30.0. The van der Waals surface area contributed by atoms with Crippen LogP contribution < -0.4 is 5.32 Å². The molecule has 0 aliphatic heterocycles. The lowest BCUT2D eigenvalue weighted by molar-refractivity contribution is -0.148. The summed E-state index contributed by atoms with van der Waals surface area (Å²) in [5.41, 5.74) is 0.198. The highest BCUT2D eigenvalue weighted by Crippen LogP contribution is 2.08. The van der Waals surface area contributed by atoms with Gasteiger partial charge in [0.2, 0.25) is 0 Å². The first-order chi connectivity index (χ1) is 11.9. The first kappa shape index (κ1) is 18.0. The summed E-state index contributed by atoms with van der Waals surface area (Å²) in [6.45, 7) is 0. The third-order valence-corrected chi connectivity index (χ3v) is 3.35. The Morgan fingerprint density at radius 2 is 1.60 bits per heavy atom. The molecule has 25 heavy (non-hydrogen) atoms. The maximum Gasteiger partial charge on any atom is 0.356 e. The van der Waals surface area contributed by atoms with Crippen LogP contribution in [0.5, 0.6) is 0 Å². The summed E-state index contributed by atoms with van der Waals surface area (Å²) in [6, 6.07) is 7.64. The molecule has 2 unspecified atom stereocenters. The zero-order valence-corrected chi connectivity index (χ0v) is 12.9. The number of aliphatic hydroxyl groups is 1. The number of hydrogen-bond acceptors (Lipinski definition) is 6. The van der Waals surface area contributed by atoms with Crippen molar-refractivity contribution >= 4 is 17.8 Å². The number of rotatable bonds is 7. The molecule has 0 spiro atoms. The van der Waals surface area contributed by atoms with Crippen molar-refractivity contribution in [3.05, 3.63) is 59.7 Å². The normalized spacial score (nSPS) is 12.8. The van der Waals surface area contributed by atoms with Crippen LogP contribution in [0, 0.1) is 0 Å². The van der Waals surface area contributed by atoms with E-state index >= 15 is 0 Å². The molecule has 1 heterocycles. The first-order valence-corrected chi connectivity index (χ1v) is 7.19. The van der Waals surface area contributed by atoms with Gasteiger partial charge in [0.05, 0.1) is 18.4 Å². The highest BCUT2D eigenvalue weighted by Gasteiger charge is 2.28. The SMILES string of the molecule is O=C(O)c1cnc(C(=O)NC(Cc2ccccc2)C(O)C(=O)O)cn1. The minimum absolute atomic E-state index is 0.0840. The van der Waals surface area contributed by atoms with E-state index in [0.717, 1.165) is 18.0 Å². The Morgan fingerprint density at radius 1 is 1.00 bits per heavy atom. The summed E-state index contributed by atoms with van der Waals surface area (Å²) in [6.07, 6.45) is 0.138. The highest BCUT2D eigenvalue weighted by molar-refractivity contribution is 5.93. The van der Waals surface area contributed by atoms with Crippen LogP contribution in [0.2, 0.25) is 0 Å². The third kappa shape index (κ3) is 4.82. The van der Waals surface area contributed by atoms with E-state index in [9.17, 15) is 19.5 Å². The summed E-state index contributed by atoms with van der Waals surface area (Å²) in [4.78, 5) is 41.2. The maximum absolute atomic E-state index is 12.2. The minimum Gasteiger partial charge on any atom is -0.479 e. The van der Waals surface area contributed by atoms with Crippen LogP contribution in [0.3, 0.4) is 0 Å². The monoisotopic (exact) mass is 345 g/mol. The molecule has 2 aromatic rings. The molecule has 0 bridgehead atoms. The molecule has 2 atom stereocenters. The summed E-state index contributed by atoms with van der Waals surface area (Å²) >= 11 is 0. The molecule has 4 N–H and O–H groups in total. The molecule has 0 radical (unpaired) electrons. The van der Waals surface area contributed by atoms with Gasteiger partial charge in [0, 0.05) is 0 Å². The lowest BCUT2D eigenvalue weighted by atomic mass is 10.0. The van der Waals surface area contributed by atoms with Crippen molar-refractivity contribution in [3.63, 3.8) is 0 Å². The number of carboxylic acid groups (broad SMARTS) is 2. The largest absolute Gasteiger partial charge is 0.479 e. The molecular weight excluding hydrogens is 330 g/mol. The Morgan fingerprint density at radius 3 is 2.12 bits per heavy atom. The van der Waals surface area contributed by atoms with Crippen molar-refractivity contribution in [2.75, 3.05) is 0 Å². The molecule has 0 aliphatic rings. The number of carboxylic acids is 2. The number of aromatic nitrogens is 2. The van der Waals surface area contributed by atoms with Gasteiger partial charge >= 0.3 is 11.9 Å². The number of hydrogen-bond donors (Lipinski definition) is 4. The Kier molecular flexibility index (Phi) is 5.75. The number of aliphatic hydroxyl groups excluding tert-OH is 1. The van der Waals surface area contributed by atoms with Crippen molar-refractivity contribution in [1.82, 2.24) is 15.3 Å². The minimum atomic E-state index is -1.82. The van der Waals surface area contributed by atoms with Gasteiger partial charge < -0.3 is 20.6 Å². The van der Waals surface area contributed by atoms with Crippen LogP contribution in [0.1, 0.15) is 26.5 Å². The zero-order valence-electron chi connectivity index (χ0n) is 12.9. The van der Waals surface area contributed by atoms with E-state index in [1.54, 1.807) is 30.3 Å². The number of benzene rings is 1. The Labute approximate surface area is 142 Å². The molecular formula is C16H15N3O6. The second-order valence-electron chi connectivity index (χ2n) is 5.14. The van der Waals surface area contributed by atoms with Gasteiger partial charge in [-0.25, -0.2) is 19.6 Å². The van der Waals surface area contributed by atoms with Gasteiger partial charge in [-0.15, -0.1) is 0 Å². The Balaban J connectivity index is 2.16. The van der Waals surface area contributed by atoms with Gasteiger partial charge in [0.15, 0.2) is 11.8 Å². The average Bonchev–Trinajstić information content (AvgIpc) is 2.61. The Hall–Kier alpha value is -3.33. The molecule has 1 aromatic carbocycles. The van der Waals surface area contributed by atoms with Crippen molar-refractivity contribution in [2.24, 2.45) is 0 Å². The van der Waals surface area contributed by atoms with E-state index in [4.69, 9.17) is 10.2 Å². The van der Waals surface area contributed by atoms with E-state index in [2.05, 4.69) is 15.3 Å². The molecule has 9 heteroatoms. The van der Waals surface area contributed by atoms with Gasteiger partial charge in [-0.05, 0) is 12.0 Å². The quantitative estimate of drug-likeness (QED) is 0.546. The number of aliphatic carboxylic acids is 1. The molecule has 2 rings (SSSR count). The van der Waals surface area contributed by atoms with Crippen LogP contribution in [0.15, 0.2) is 42.7 Å². The number of carbonyl (C=O) groups excluding carboxylic acids is 1. The van der Waals surface area contributed by atoms with Crippen LogP contribution in [0.25, 0.3) is 0 Å². The van der Waals surface area contributed by atoms with Crippen LogP contribution >= 0.6 is 0 Å². The zero-order chi connectivity index (χ0) is 18.4.